The number of nitrogens with zero attached hydrogens (tertiary/aromatic N) is 1. The molecule has 1 N–H and O–H groups in total. The smallest absolute Gasteiger partial charge is 0.300 e. The second-order valence-electron chi connectivity index (χ2n) is 7.84. The quantitative estimate of drug-likeness (QED) is 0.281. The number of benzene rings is 3. The Balaban J connectivity index is 1.93. The fraction of sp³-hybridized carbons (Fsp3) is 0.185. The highest BCUT2D eigenvalue weighted by Crippen LogP contribution is 2.43. The Kier molecular flexibility index (Phi) is 6.61. The molecule has 1 aliphatic rings. The molecule has 1 amide bonds. The van der Waals surface area contributed by atoms with Crippen LogP contribution in [0.15, 0.2) is 72.3 Å². The summed E-state index contributed by atoms with van der Waals surface area (Å²) in [7, 11) is 1.56. The van der Waals surface area contributed by atoms with Gasteiger partial charge in [0.25, 0.3) is 11.7 Å². The van der Waals surface area contributed by atoms with E-state index in [0.717, 1.165) is 5.56 Å². The van der Waals surface area contributed by atoms with E-state index in [0.29, 0.717) is 39.9 Å². The molecule has 1 fully saturated rings. The summed E-state index contributed by atoms with van der Waals surface area (Å²) in [4.78, 5) is 27.9. The zero-order valence-corrected chi connectivity index (χ0v) is 19.8. The molecule has 1 atom stereocenters. The van der Waals surface area contributed by atoms with Gasteiger partial charge in [0.05, 0.1) is 25.3 Å². The van der Waals surface area contributed by atoms with Gasteiger partial charge in [0.1, 0.15) is 17.3 Å². The molecule has 1 heterocycles. The molecule has 1 aliphatic heterocycles. The number of anilines is 1. The van der Waals surface area contributed by atoms with E-state index in [4.69, 9.17) is 21.1 Å². The number of carbonyl (C=O) groups is 2. The van der Waals surface area contributed by atoms with Crippen LogP contribution in [-0.2, 0) is 9.59 Å². The van der Waals surface area contributed by atoms with Crippen molar-refractivity contribution in [3.63, 3.8) is 0 Å². The Labute approximate surface area is 203 Å². The van der Waals surface area contributed by atoms with E-state index in [1.807, 2.05) is 13.8 Å². The van der Waals surface area contributed by atoms with Crippen LogP contribution in [0.2, 0.25) is 5.02 Å². The number of amides is 1. The maximum atomic E-state index is 13.3. The van der Waals surface area contributed by atoms with Gasteiger partial charge in [0, 0.05) is 16.3 Å². The van der Waals surface area contributed by atoms with Gasteiger partial charge in [-0.25, -0.2) is 0 Å². The highest BCUT2D eigenvalue weighted by Gasteiger charge is 2.47. The number of hydrogen-bond donors (Lipinski definition) is 1. The summed E-state index contributed by atoms with van der Waals surface area (Å²) in [6.07, 6.45) is 0. The lowest BCUT2D eigenvalue weighted by Crippen LogP contribution is -2.29. The van der Waals surface area contributed by atoms with Crippen LogP contribution in [0.4, 0.5) is 5.69 Å². The molecule has 34 heavy (non-hydrogen) atoms. The van der Waals surface area contributed by atoms with Crippen molar-refractivity contribution < 1.29 is 24.2 Å². The number of aliphatic hydroxyl groups excluding tert-OH is 1. The van der Waals surface area contributed by atoms with Gasteiger partial charge in [0.2, 0.25) is 0 Å². The number of hydrogen-bond acceptors (Lipinski definition) is 5. The topological polar surface area (TPSA) is 76.1 Å². The summed E-state index contributed by atoms with van der Waals surface area (Å²) in [5.41, 5.74) is 2.32. The zero-order valence-electron chi connectivity index (χ0n) is 19.0. The van der Waals surface area contributed by atoms with Crippen molar-refractivity contribution in [2.75, 3.05) is 18.6 Å². The van der Waals surface area contributed by atoms with Gasteiger partial charge in [-0.3, -0.25) is 14.5 Å². The van der Waals surface area contributed by atoms with E-state index in [-0.39, 0.29) is 11.3 Å². The van der Waals surface area contributed by atoms with Crippen LogP contribution < -0.4 is 14.4 Å². The van der Waals surface area contributed by atoms with Crippen LogP contribution in [0, 0.1) is 6.92 Å². The van der Waals surface area contributed by atoms with Crippen LogP contribution >= 0.6 is 11.6 Å². The van der Waals surface area contributed by atoms with Crippen LogP contribution in [0.5, 0.6) is 11.5 Å². The SMILES string of the molecule is CCOc1cccc(C2/C(=C(\O)c3ccc(OC)c(C)c3)C(=O)C(=O)N2c2ccc(Cl)cc2)c1. The van der Waals surface area contributed by atoms with E-state index in [2.05, 4.69) is 0 Å². The van der Waals surface area contributed by atoms with Gasteiger partial charge < -0.3 is 14.6 Å². The standard InChI is InChI=1S/C27H24ClNO5/c1-4-34-21-7-5-6-17(15-21)24-23(25(30)18-8-13-22(33-3)16(2)14-18)26(31)27(32)29(24)20-11-9-19(28)10-12-20/h5-15,24,30H,4H2,1-3H3/b25-23+. The largest absolute Gasteiger partial charge is 0.507 e. The molecular formula is C27H24ClNO5. The van der Waals surface area contributed by atoms with Crippen molar-refractivity contribution in [1.82, 2.24) is 0 Å². The molecule has 174 valence electrons. The summed E-state index contributed by atoms with van der Waals surface area (Å²) >= 11 is 6.04. The molecule has 0 aliphatic carbocycles. The number of halogens is 1. The van der Waals surface area contributed by atoms with E-state index in [1.165, 1.54) is 4.90 Å². The Bertz CT molecular complexity index is 1280. The van der Waals surface area contributed by atoms with E-state index < -0.39 is 17.7 Å². The van der Waals surface area contributed by atoms with Gasteiger partial charge in [-0.2, -0.15) is 0 Å². The molecule has 0 saturated carbocycles. The van der Waals surface area contributed by atoms with E-state index in [9.17, 15) is 14.7 Å². The minimum absolute atomic E-state index is 0.00170. The lowest BCUT2D eigenvalue weighted by Gasteiger charge is -2.26. The zero-order chi connectivity index (χ0) is 24.4. The molecule has 3 aromatic rings. The van der Waals surface area contributed by atoms with Crippen LogP contribution in [0.3, 0.4) is 0 Å². The number of ketones is 1. The summed E-state index contributed by atoms with van der Waals surface area (Å²) < 4.78 is 10.9. The molecule has 0 radical (unpaired) electrons. The van der Waals surface area contributed by atoms with Crippen molar-refractivity contribution in [2.45, 2.75) is 19.9 Å². The molecule has 1 saturated heterocycles. The number of aliphatic hydroxyl groups is 1. The highest BCUT2D eigenvalue weighted by molar-refractivity contribution is 6.51. The van der Waals surface area contributed by atoms with Gasteiger partial charge in [0.15, 0.2) is 0 Å². The summed E-state index contributed by atoms with van der Waals surface area (Å²) in [6.45, 7) is 4.18. The summed E-state index contributed by atoms with van der Waals surface area (Å²) in [5.74, 6) is -0.512. The minimum Gasteiger partial charge on any atom is -0.507 e. The third kappa shape index (κ3) is 4.24. The number of carbonyl (C=O) groups excluding carboxylic acids is 2. The van der Waals surface area contributed by atoms with E-state index in [1.54, 1.807) is 73.8 Å². The normalized spacial score (nSPS) is 17.2. The first-order valence-electron chi connectivity index (χ1n) is 10.8. The Morgan fingerprint density at radius 2 is 1.79 bits per heavy atom. The second kappa shape index (κ2) is 9.61. The maximum Gasteiger partial charge on any atom is 0.300 e. The Hall–Kier alpha value is -3.77. The number of ether oxygens (including phenoxy) is 2. The third-order valence-corrected chi connectivity index (χ3v) is 5.95. The molecule has 3 aromatic carbocycles. The van der Waals surface area contributed by atoms with Crippen LogP contribution in [0.25, 0.3) is 5.76 Å². The molecule has 7 heteroatoms. The van der Waals surface area contributed by atoms with Crippen molar-refractivity contribution in [1.29, 1.82) is 0 Å². The van der Waals surface area contributed by atoms with Gasteiger partial charge in [-0.05, 0) is 79.6 Å². The number of methoxy groups -OCH3 is 1. The van der Waals surface area contributed by atoms with Crippen LogP contribution in [0.1, 0.15) is 29.7 Å². The summed E-state index contributed by atoms with van der Waals surface area (Å²) in [6, 6.07) is 18.0. The fourth-order valence-electron chi connectivity index (χ4n) is 4.14. The molecule has 0 aromatic heterocycles. The van der Waals surface area contributed by atoms with Crippen LogP contribution in [-0.4, -0.2) is 30.5 Å². The predicted molar refractivity (Wildman–Crippen MR) is 132 cm³/mol. The van der Waals surface area contributed by atoms with Crippen molar-refractivity contribution in [3.8, 4) is 11.5 Å². The molecule has 0 spiro atoms. The van der Waals surface area contributed by atoms with Crippen molar-refractivity contribution >= 4 is 34.7 Å². The molecule has 0 bridgehead atoms. The number of Topliss-reactive ketones (excluding diaryl/α,β-unsaturated/α-hetero) is 1. The highest BCUT2D eigenvalue weighted by atomic mass is 35.5. The second-order valence-corrected chi connectivity index (χ2v) is 8.27. The van der Waals surface area contributed by atoms with E-state index >= 15 is 0 Å². The van der Waals surface area contributed by atoms with Gasteiger partial charge in [-0.1, -0.05) is 23.7 Å². The average Bonchev–Trinajstić information content (AvgIpc) is 3.10. The van der Waals surface area contributed by atoms with Crippen molar-refractivity contribution in [2.24, 2.45) is 0 Å². The number of rotatable bonds is 6. The monoisotopic (exact) mass is 477 g/mol. The Morgan fingerprint density at radius 1 is 1.06 bits per heavy atom. The van der Waals surface area contributed by atoms with Gasteiger partial charge in [-0.15, -0.1) is 0 Å². The first-order chi connectivity index (χ1) is 16.3. The molecular weight excluding hydrogens is 454 g/mol. The van der Waals surface area contributed by atoms with Gasteiger partial charge >= 0.3 is 0 Å². The lowest BCUT2D eigenvalue weighted by atomic mass is 9.94. The number of aryl methyl sites for hydroxylation is 1. The third-order valence-electron chi connectivity index (χ3n) is 5.70. The first kappa shape index (κ1) is 23.4. The molecule has 4 rings (SSSR count). The average molecular weight is 478 g/mol. The lowest BCUT2D eigenvalue weighted by molar-refractivity contribution is -0.132. The maximum absolute atomic E-state index is 13.3. The first-order valence-corrected chi connectivity index (χ1v) is 11.2. The molecule has 6 nitrogen and oxygen atoms in total. The molecule has 1 unspecified atom stereocenters. The summed E-state index contributed by atoms with van der Waals surface area (Å²) in [5, 5.41) is 11.8. The predicted octanol–water partition coefficient (Wildman–Crippen LogP) is 5.68. The fourth-order valence-corrected chi connectivity index (χ4v) is 4.26. The van der Waals surface area contributed by atoms with Crippen molar-refractivity contribution in [3.05, 3.63) is 94.0 Å². The Morgan fingerprint density at radius 3 is 2.44 bits per heavy atom. The minimum atomic E-state index is -0.857.